The lowest BCUT2D eigenvalue weighted by Gasteiger charge is -2.13. The summed E-state index contributed by atoms with van der Waals surface area (Å²) in [7, 11) is 0. The van der Waals surface area contributed by atoms with Gasteiger partial charge in [-0.15, -0.1) is 0 Å². The largest absolute Gasteiger partial charge is 0.416 e. The van der Waals surface area contributed by atoms with E-state index in [1.54, 1.807) is 24.5 Å². The standard InChI is InChI=1S/C14H13F3N2/c15-14(16,17)12-5-1-3-10(7-12)8-13(18)11-4-2-6-19-9-11/h1-7,9,13H,8,18H2. The minimum atomic E-state index is -4.32. The SMILES string of the molecule is NC(Cc1cccc(C(F)(F)F)c1)c1cccnc1. The Morgan fingerprint density at radius 2 is 1.95 bits per heavy atom. The number of benzene rings is 1. The highest BCUT2D eigenvalue weighted by molar-refractivity contribution is 5.27. The van der Waals surface area contributed by atoms with Crippen LogP contribution in [0, 0.1) is 0 Å². The topological polar surface area (TPSA) is 38.9 Å². The van der Waals surface area contributed by atoms with E-state index in [4.69, 9.17) is 5.73 Å². The van der Waals surface area contributed by atoms with Crippen LogP contribution in [0.1, 0.15) is 22.7 Å². The van der Waals surface area contributed by atoms with Crippen molar-refractivity contribution in [2.24, 2.45) is 5.73 Å². The number of alkyl halides is 3. The van der Waals surface area contributed by atoms with Gasteiger partial charge in [-0.05, 0) is 29.7 Å². The van der Waals surface area contributed by atoms with Crippen LogP contribution in [0.4, 0.5) is 13.2 Å². The number of nitrogens with zero attached hydrogens (tertiary/aromatic N) is 1. The highest BCUT2D eigenvalue weighted by Gasteiger charge is 2.30. The van der Waals surface area contributed by atoms with Crippen molar-refractivity contribution < 1.29 is 13.2 Å². The van der Waals surface area contributed by atoms with E-state index in [1.807, 2.05) is 6.07 Å². The van der Waals surface area contributed by atoms with Gasteiger partial charge in [0.2, 0.25) is 0 Å². The summed E-state index contributed by atoms with van der Waals surface area (Å²) < 4.78 is 37.8. The van der Waals surface area contributed by atoms with Crippen LogP contribution in [0.25, 0.3) is 0 Å². The minimum absolute atomic E-state index is 0.343. The Bertz CT molecular complexity index is 538. The van der Waals surface area contributed by atoms with Gasteiger partial charge in [0, 0.05) is 18.4 Å². The molecule has 2 rings (SSSR count). The van der Waals surface area contributed by atoms with E-state index in [0.717, 1.165) is 17.7 Å². The molecule has 1 aromatic heterocycles. The summed E-state index contributed by atoms with van der Waals surface area (Å²) in [6, 6.07) is 8.43. The van der Waals surface area contributed by atoms with Gasteiger partial charge >= 0.3 is 6.18 Å². The quantitative estimate of drug-likeness (QED) is 0.925. The Morgan fingerprint density at radius 3 is 2.58 bits per heavy atom. The monoisotopic (exact) mass is 266 g/mol. The van der Waals surface area contributed by atoms with E-state index in [2.05, 4.69) is 4.98 Å². The van der Waals surface area contributed by atoms with E-state index in [0.29, 0.717) is 12.0 Å². The Balaban J connectivity index is 2.16. The molecule has 0 saturated carbocycles. The maximum atomic E-state index is 12.6. The zero-order valence-electron chi connectivity index (χ0n) is 10.1. The van der Waals surface area contributed by atoms with Gasteiger partial charge in [-0.2, -0.15) is 13.2 Å². The van der Waals surface area contributed by atoms with E-state index in [1.165, 1.54) is 6.07 Å². The molecule has 0 bridgehead atoms. The Labute approximate surface area is 109 Å². The smallest absolute Gasteiger partial charge is 0.324 e. The second-order valence-electron chi connectivity index (χ2n) is 4.30. The minimum Gasteiger partial charge on any atom is -0.324 e. The van der Waals surface area contributed by atoms with Gasteiger partial charge in [0.1, 0.15) is 0 Å². The number of aromatic nitrogens is 1. The van der Waals surface area contributed by atoms with Crippen LogP contribution < -0.4 is 5.73 Å². The first kappa shape index (κ1) is 13.5. The molecule has 1 unspecified atom stereocenters. The second kappa shape index (κ2) is 5.40. The Morgan fingerprint density at radius 1 is 1.16 bits per heavy atom. The molecule has 2 nitrogen and oxygen atoms in total. The van der Waals surface area contributed by atoms with E-state index < -0.39 is 11.7 Å². The van der Waals surface area contributed by atoms with Crippen molar-refractivity contribution in [1.29, 1.82) is 0 Å². The molecule has 0 aliphatic carbocycles. The number of pyridine rings is 1. The lowest BCUT2D eigenvalue weighted by atomic mass is 9.99. The Kier molecular flexibility index (Phi) is 3.85. The maximum Gasteiger partial charge on any atom is 0.416 e. The molecule has 0 radical (unpaired) electrons. The van der Waals surface area contributed by atoms with Crippen LogP contribution in [0.3, 0.4) is 0 Å². The first-order chi connectivity index (χ1) is 8.97. The van der Waals surface area contributed by atoms with Gasteiger partial charge in [-0.25, -0.2) is 0 Å². The van der Waals surface area contributed by atoms with Crippen molar-refractivity contribution in [1.82, 2.24) is 4.98 Å². The van der Waals surface area contributed by atoms with Gasteiger partial charge in [-0.1, -0.05) is 24.3 Å². The van der Waals surface area contributed by atoms with E-state index >= 15 is 0 Å². The lowest BCUT2D eigenvalue weighted by molar-refractivity contribution is -0.137. The van der Waals surface area contributed by atoms with Crippen molar-refractivity contribution in [3.63, 3.8) is 0 Å². The first-order valence-electron chi connectivity index (χ1n) is 5.78. The summed E-state index contributed by atoms with van der Waals surface area (Å²) in [4.78, 5) is 3.94. The molecule has 0 saturated heterocycles. The summed E-state index contributed by atoms with van der Waals surface area (Å²) >= 11 is 0. The number of hydrogen-bond acceptors (Lipinski definition) is 2. The number of nitrogens with two attached hydrogens (primary N) is 1. The summed E-state index contributed by atoms with van der Waals surface area (Å²) in [6.45, 7) is 0. The molecule has 100 valence electrons. The fourth-order valence-corrected chi connectivity index (χ4v) is 1.84. The molecule has 0 spiro atoms. The van der Waals surface area contributed by atoms with Crippen LogP contribution in [-0.2, 0) is 12.6 Å². The Hall–Kier alpha value is -1.88. The average Bonchev–Trinajstić information content (AvgIpc) is 2.39. The van der Waals surface area contributed by atoms with Gasteiger partial charge in [-0.3, -0.25) is 4.98 Å². The number of halogens is 3. The van der Waals surface area contributed by atoms with Gasteiger partial charge in [0.05, 0.1) is 5.56 Å². The highest BCUT2D eigenvalue weighted by atomic mass is 19.4. The van der Waals surface area contributed by atoms with Crippen LogP contribution in [0.2, 0.25) is 0 Å². The van der Waals surface area contributed by atoms with Crippen LogP contribution in [0.15, 0.2) is 48.8 Å². The van der Waals surface area contributed by atoms with Crippen molar-refractivity contribution in [3.8, 4) is 0 Å². The first-order valence-corrected chi connectivity index (χ1v) is 5.78. The third kappa shape index (κ3) is 3.54. The fraction of sp³-hybridized carbons (Fsp3) is 0.214. The third-order valence-corrected chi connectivity index (χ3v) is 2.82. The summed E-state index contributed by atoms with van der Waals surface area (Å²) in [5.41, 5.74) is 6.68. The lowest BCUT2D eigenvalue weighted by Crippen LogP contribution is -2.14. The van der Waals surface area contributed by atoms with Crippen LogP contribution in [0.5, 0.6) is 0 Å². The molecule has 1 aromatic carbocycles. The molecule has 0 amide bonds. The molecule has 1 atom stereocenters. The van der Waals surface area contributed by atoms with Gasteiger partial charge < -0.3 is 5.73 Å². The maximum absolute atomic E-state index is 12.6. The molecule has 0 aliphatic rings. The predicted octanol–water partition coefficient (Wildman–Crippen LogP) is 3.34. The molecule has 1 heterocycles. The fourth-order valence-electron chi connectivity index (χ4n) is 1.84. The molecule has 0 fully saturated rings. The molecular weight excluding hydrogens is 253 g/mol. The number of rotatable bonds is 3. The predicted molar refractivity (Wildman–Crippen MR) is 66.3 cm³/mol. The third-order valence-electron chi connectivity index (χ3n) is 2.82. The molecule has 2 N–H and O–H groups in total. The van der Waals surface area contributed by atoms with E-state index in [-0.39, 0.29) is 6.04 Å². The molecule has 5 heteroatoms. The molecular formula is C14H13F3N2. The normalized spacial score (nSPS) is 13.3. The molecule has 19 heavy (non-hydrogen) atoms. The molecule has 2 aromatic rings. The molecule has 0 aliphatic heterocycles. The van der Waals surface area contributed by atoms with Crippen molar-refractivity contribution >= 4 is 0 Å². The summed E-state index contributed by atoms with van der Waals surface area (Å²) in [5.74, 6) is 0. The van der Waals surface area contributed by atoms with Gasteiger partial charge in [0.25, 0.3) is 0 Å². The van der Waals surface area contributed by atoms with E-state index in [9.17, 15) is 13.2 Å². The highest BCUT2D eigenvalue weighted by Crippen LogP contribution is 2.30. The van der Waals surface area contributed by atoms with Crippen molar-refractivity contribution in [3.05, 3.63) is 65.5 Å². The van der Waals surface area contributed by atoms with Crippen molar-refractivity contribution in [2.45, 2.75) is 18.6 Å². The summed E-state index contributed by atoms with van der Waals surface area (Å²) in [6.07, 6.45) is -0.733. The average molecular weight is 266 g/mol. The van der Waals surface area contributed by atoms with Gasteiger partial charge in [0.15, 0.2) is 0 Å². The summed E-state index contributed by atoms with van der Waals surface area (Å²) in [5, 5.41) is 0. The zero-order chi connectivity index (χ0) is 13.9. The second-order valence-corrected chi connectivity index (χ2v) is 4.30. The van der Waals surface area contributed by atoms with Crippen LogP contribution in [-0.4, -0.2) is 4.98 Å². The zero-order valence-corrected chi connectivity index (χ0v) is 10.1. The van der Waals surface area contributed by atoms with Crippen molar-refractivity contribution in [2.75, 3.05) is 0 Å². The number of hydrogen-bond donors (Lipinski definition) is 1. The van der Waals surface area contributed by atoms with Crippen LogP contribution >= 0.6 is 0 Å².